The van der Waals surface area contributed by atoms with Gasteiger partial charge in [-0.3, -0.25) is 9.78 Å². The number of carbonyl (C=O) groups excluding carboxylic acids is 1. The highest BCUT2D eigenvalue weighted by atomic mass is 16.3. The number of aromatic nitrogens is 1. The van der Waals surface area contributed by atoms with Crippen LogP contribution in [0.15, 0.2) is 30.6 Å². The number of hydrogen-bond donors (Lipinski definition) is 1. The van der Waals surface area contributed by atoms with E-state index in [4.69, 9.17) is 5.11 Å². The van der Waals surface area contributed by atoms with Crippen LogP contribution in [-0.2, 0) is 6.61 Å². The smallest absolute Gasteiger partial charge is 0.150 e. The highest BCUT2D eigenvalue weighted by molar-refractivity contribution is 5.99. The molecule has 1 heterocycles. The number of nitrogens with zero attached hydrogens (tertiary/aromatic N) is 1. The molecule has 14 heavy (non-hydrogen) atoms. The third-order valence-electron chi connectivity index (χ3n) is 2.24. The SMILES string of the molecule is O=Cc1ccc(CO)c2cnccc12. The Kier molecular flexibility index (Phi) is 2.24. The summed E-state index contributed by atoms with van der Waals surface area (Å²) in [6, 6.07) is 5.23. The topological polar surface area (TPSA) is 50.2 Å². The average Bonchev–Trinajstić information content (AvgIpc) is 2.27. The number of pyridine rings is 1. The molecular formula is C11H9NO2. The molecule has 0 radical (unpaired) electrons. The van der Waals surface area contributed by atoms with E-state index in [0.717, 1.165) is 22.6 Å². The van der Waals surface area contributed by atoms with E-state index < -0.39 is 0 Å². The fraction of sp³-hybridized carbons (Fsp3) is 0.0909. The number of aliphatic hydroxyl groups excluding tert-OH is 1. The van der Waals surface area contributed by atoms with E-state index in [0.29, 0.717) is 5.56 Å². The molecule has 0 aliphatic heterocycles. The van der Waals surface area contributed by atoms with Gasteiger partial charge in [-0.25, -0.2) is 0 Å². The van der Waals surface area contributed by atoms with Gasteiger partial charge in [0, 0.05) is 23.3 Å². The number of rotatable bonds is 2. The number of aldehydes is 1. The zero-order valence-corrected chi connectivity index (χ0v) is 7.47. The Morgan fingerprint density at radius 3 is 2.86 bits per heavy atom. The van der Waals surface area contributed by atoms with Crippen LogP contribution < -0.4 is 0 Å². The normalized spacial score (nSPS) is 10.4. The lowest BCUT2D eigenvalue weighted by Crippen LogP contribution is -1.90. The van der Waals surface area contributed by atoms with Crippen molar-refractivity contribution in [2.75, 3.05) is 0 Å². The highest BCUT2D eigenvalue weighted by Crippen LogP contribution is 2.20. The molecule has 2 rings (SSSR count). The number of hydrogen-bond acceptors (Lipinski definition) is 3. The molecular weight excluding hydrogens is 178 g/mol. The van der Waals surface area contributed by atoms with Gasteiger partial charge >= 0.3 is 0 Å². The molecule has 0 aliphatic carbocycles. The molecule has 0 atom stereocenters. The van der Waals surface area contributed by atoms with E-state index in [-0.39, 0.29) is 6.61 Å². The molecule has 1 aromatic carbocycles. The molecule has 0 bridgehead atoms. The van der Waals surface area contributed by atoms with Crippen LogP contribution in [0.2, 0.25) is 0 Å². The Balaban J connectivity index is 2.84. The molecule has 1 aromatic heterocycles. The third kappa shape index (κ3) is 1.28. The van der Waals surface area contributed by atoms with E-state index in [1.165, 1.54) is 0 Å². The Morgan fingerprint density at radius 2 is 2.14 bits per heavy atom. The second-order valence-corrected chi connectivity index (χ2v) is 3.01. The maximum Gasteiger partial charge on any atom is 0.150 e. The monoisotopic (exact) mass is 187 g/mol. The average molecular weight is 187 g/mol. The first-order valence-electron chi connectivity index (χ1n) is 4.28. The van der Waals surface area contributed by atoms with Crippen molar-refractivity contribution in [3.8, 4) is 0 Å². The van der Waals surface area contributed by atoms with Crippen LogP contribution in [0, 0.1) is 0 Å². The van der Waals surface area contributed by atoms with E-state index in [9.17, 15) is 4.79 Å². The Bertz CT molecular complexity index is 480. The fourth-order valence-corrected chi connectivity index (χ4v) is 1.51. The van der Waals surface area contributed by atoms with Gasteiger partial charge in [0.2, 0.25) is 0 Å². The van der Waals surface area contributed by atoms with E-state index in [2.05, 4.69) is 4.98 Å². The predicted molar refractivity (Wildman–Crippen MR) is 53.1 cm³/mol. The standard InChI is InChI=1S/C11H9NO2/c13-6-8-1-2-9(7-14)11-5-12-4-3-10(8)11/h1-6,14H,7H2. The van der Waals surface area contributed by atoms with Gasteiger partial charge in [0.1, 0.15) is 0 Å². The molecule has 0 aliphatic rings. The zero-order valence-electron chi connectivity index (χ0n) is 7.47. The third-order valence-corrected chi connectivity index (χ3v) is 2.24. The van der Waals surface area contributed by atoms with Crippen molar-refractivity contribution in [1.29, 1.82) is 0 Å². The minimum absolute atomic E-state index is 0.0403. The van der Waals surface area contributed by atoms with Crippen LogP contribution in [0.4, 0.5) is 0 Å². The summed E-state index contributed by atoms with van der Waals surface area (Å²) in [7, 11) is 0. The van der Waals surface area contributed by atoms with Crippen molar-refractivity contribution >= 4 is 17.1 Å². The van der Waals surface area contributed by atoms with Gasteiger partial charge in [-0.2, -0.15) is 0 Å². The summed E-state index contributed by atoms with van der Waals surface area (Å²) >= 11 is 0. The molecule has 70 valence electrons. The summed E-state index contributed by atoms with van der Waals surface area (Å²) < 4.78 is 0. The van der Waals surface area contributed by atoms with Crippen LogP contribution in [0.3, 0.4) is 0 Å². The molecule has 1 N–H and O–H groups in total. The Hall–Kier alpha value is -1.74. The summed E-state index contributed by atoms with van der Waals surface area (Å²) in [5, 5.41) is 10.8. The first-order valence-corrected chi connectivity index (χ1v) is 4.28. The van der Waals surface area contributed by atoms with Crippen LogP contribution in [0.5, 0.6) is 0 Å². The summed E-state index contributed by atoms with van der Waals surface area (Å²) in [4.78, 5) is 14.7. The van der Waals surface area contributed by atoms with Crippen molar-refractivity contribution in [2.45, 2.75) is 6.61 Å². The summed E-state index contributed by atoms with van der Waals surface area (Å²) in [6.45, 7) is -0.0403. The van der Waals surface area contributed by atoms with Gasteiger partial charge in [0.25, 0.3) is 0 Å². The molecule has 0 saturated heterocycles. The van der Waals surface area contributed by atoms with Crippen molar-refractivity contribution in [2.24, 2.45) is 0 Å². The number of benzene rings is 1. The van der Waals surface area contributed by atoms with Crippen LogP contribution in [0.25, 0.3) is 10.8 Å². The maximum atomic E-state index is 10.7. The molecule has 3 heteroatoms. The van der Waals surface area contributed by atoms with E-state index in [1.54, 1.807) is 30.6 Å². The lowest BCUT2D eigenvalue weighted by Gasteiger charge is -2.04. The molecule has 0 fully saturated rings. The van der Waals surface area contributed by atoms with E-state index in [1.807, 2.05) is 0 Å². The van der Waals surface area contributed by atoms with E-state index >= 15 is 0 Å². The number of fused-ring (bicyclic) bond motifs is 1. The van der Waals surface area contributed by atoms with Crippen molar-refractivity contribution in [3.05, 3.63) is 41.7 Å². The second kappa shape index (κ2) is 3.55. The first kappa shape index (κ1) is 8.84. The fourth-order valence-electron chi connectivity index (χ4n) is 1.51. The van der Waals surface area contributed by atoms with Crippen molar-refractivity contribution in [3.63, 3.8) is 0 Å². The van der Waals surface area contributed by atoms with Gasteiger partial charge in [0.05, 0.1) is 6.61 Å². The van der Waals surface area contributed by atoms with Crippen molar-refractivity contribution < 1.29 is 9.90 Å². The number of aliphatic hydroxyl groups is 1. The minimum atomic E-state index is -0.0403. The van der Waals surface area contributed by atoms with Crippen LogP contribution >= 0.6 is 0 Å². The minimum Gasteiger partial charge on any atom is -0.392 e. The molecule has 3 nitrogen and oxygen atoms in total. The van der Waals surface area contributed by atoms with Gasteiger partial charge in [-0.05, 0) is 17.0 Å². The van der Waals surface area contributed by atoms with Gasteiger partial charge < -0.3 is 5.11 Å². The van der Waals surface area contributed by atoms with Crippen LogP contribution in [0.1, 0.15) is 15.9 Å². The second-order valence-electron chi connectivity index (χ2n) is 3.01. The summed E-state index contributed by atoms with van der Waals surface area (Å²) in [6.07, 6.45) is 4.11. The quantitative estimate of drug-likeness (QED) is 0.725. The Labute approximate surface area is 81.0 Å². The molecule has 0 spiro atoms. The Morgan fingerprint density at radius 1 is 1.29 bits per heavy atom. The summed E-state index contributed by atoms with van der Waals surface area (Å²) in [5.41, 5.74) is 1.42. The molecule has 0 saturated carbocycles. The molecule has 0 amide bonds. The highest BCUT2D eigenvalue weighted by Gasteiger charge is 2.03. The van der Waals surface area contributed by atoms with Gasteiger partial charge in [-0.1, -0.05) is 12.1 Å². The lowest BCUT2D eigenvalue weighted by atomic mass is 10.0. The largest absolute Gasteiger partial charge is 0.392 e. The zero-order chi connectivity index (χ0) is 9.97. The maximum absolute atomic E-state index is 10.7. The molecule has 0 unspecified atom stereocenters. The van der Waals surface area contributed by atoms with Crippen LogP contribution in [-0.4, -0.2) is 16.4 Å². The first-order chi connectivity index (χ1) is 6.86. The van der Waals surface area contributed by atoms with Gasteiger partial charge in [-0.15, -0.1) is 0 Å². The van der Waals surface area contributed by atoms with Gasteiger partial charge in [0.15, 0.2) is 6.29 Å². The molecule has 2 aromatic rings. The summed E-state index contributed by atoms with van der Waals surface area (Å²) in [5.74, 6) is 0. The number of carbonyl (C=O) groups is 1. The van der Waals surface area contributed by atoms with Crippen molar-refractivity contribution in [1.82, 2.24) is 4.98 Å². The lowest BCUT2D eigenvalue weighted by molar-refractivity contribution is 0.112. The predicted octanol–water partition coefficient (Wildman–Crippen LogP) is 1.54.